The highest BCUT2D eigenvalue weighted by Crippen LogP contribution is 2.27. The number of piperazine rings is 1. The highest BCUT2D eigenvalue weighted by Gasteiger charge is 2.24. The maximum atomic E-state index is 12.8. The van der Waals surface area contributed by atoms with Crippen LogP contribution in [0.25, 0.3) is 21.7 Å². The van der Waals surface area contributed by atoms with Gasteiger partial charge in [-0.25, -0.2) is 19.9 Å². The van der Waals surface area contributed by atoms with Crippen LogP contribution < -0.4 is 4.90 Å². The Morgan fingerprint density at radius 1 is 0.897 bits per heavy atom. The van der Waals surface area contributed by atoms with Crippen molar-refractivity contribution in [2.45, 2.75) is 0 Å². The van der Waals surface area contributed by atoms with Crippen molar-refractivity contribution in [2.75, 3.05) is 31.1 Å². The standard InChI is InChI=1S/C21H18N6OS/c28-20(16-13-23-18(24-14-16)15-5-2-1-3-6-15)26-9-11-27(12-10-26)21-25-17-7-4-8-22-19(17)29-21/h1-8,13-14H,9-12H2. The van der Waals surface area contributed by atoms with Crippen LogP contribution in [0.1, 0.15) is 10.4 Å². The summed E-state index contributed by atoms with van der Waals surface area (Å²) in [6.07, 6.45) is 5.01. The van der Waals surface area contributed by atoms with Crippen LogP contribution in [0.4, 0.5) is 5.13 Å². The molecule has 0 bridgehead atoms. The van der Waals surface area contributed by atoms with Gasteiger partial charge in [-0.3, -0.25) is 4.79 Å². The summed E-state index contributed by atoms with van der Waals surface area (Å²) in [6.45, 7) is 2.77. The minimum absolute atomic E-state index is 0.0322. The number of nitrogens with zero attached hydrogens (tertiary/aromatic N) is 6. The lowest BCUT2D eigenvalue weighted by atomic mass is 10.2. The molecule has 1 saturated heterocycles. The molecule has 8 heteroatoms. The van der Waals surface area contributed by atoms with Gasteiger partial charge >= 0.3 is 0 Å². The van der Waals surface area contributed by atoms with Crippen molar-refractivity contribution in [3.63, 3.8) is 0 Å². The summed E-state index contributed by atoms with van der Waals surface area (Å²) in [4.78, 5) is 35.6. The minimum Gasteiger partial charge on any atom is -0.344 e. The second kappa shape index (κ2) is 7.56. The molecule has 4 heterocycles. The van der Waals surface area contributed by atoms with Gasteiger partial charge in [-0.05, 0) is 12.1 Å². The zero-order chi connectivity index (χ0) is 19.6. The van der Waals surface area contributed by atoms with Gasteiger partial charge in [-0.1, -0.05) is 41.7 Å². The van der Waals surface area contributed by atoms with Crippen LogP contribution in [0, 0.1) is 0 Å². The van der Waals surface area contributed by atoms with Crippen molar-refractivity contribution in [1.29, 1.82) is 0 Å². The van der Waals surface area contributed by atoms with E-state index in [2.05, 4.69) is 24.8 Å². The third-order valence-corrected chi connectivity index (χ3v) is 5.96. The van der Waals surface area contributed by atoms with Crippen molar-refractivity contribution >= 4 is 32.7 Å². The molecule has 1 fully saturated rings. The Kier molecular flexibility index (Phi) is 4.61. The first-order valence-electron chi connectivity index (χ1n) is 9.41. The van der Waals surface area contributed by atoms with Crippen molar-refractivity contribution in [2.24, 2.45) is 0 Å². The average molecular weight is 402 g/mol. The van der Waals surface area contributed by atoms with Crippen LogP contribution in [-0.4, -0.2) is 56.9 Å². The van der Waals surface area contributed by atoms with Gasteiger partial charge in [0.25, 0.3) is 5.91 Å². The molecule has 0 radical (unpaired) electrons. The number of amides is 1. The van der Waals surface area contributed by atoms with Crippen LogP contribution in [0.3, 0.4) is 0 Å². The van der Waals surface area contributed by atoms with Gasteiger partial charge in [0.15, 0.2) is 11.0 Å². The second-order valence-electron chi connectivity index (χ2n) is 6.76. The molecule has 0 saturated carbocycles. The Bertz CT molecular complexity index is 1100. The molecular weight excluding hydrogens is 384 g/mol. The smallest absolute Gasteiger partial charge is 0.257 e. The van der Waals surface area contributed by atoms with E-state index in [4.69, 9.17) is 0 Å². The highest BCUT2D eigenvalue weighted by molar-refractivity contribution is 7.21. The molecular formula is C21H18N6OS. The van der Waals surface area contributed by atoms with Crippen LogP contribution in [0.15, 0.2) is 61.1 Å². The van der Waals surface area contributed by atoms with Crippen LogP contribution >= 0.6 is 11.3 Å². The van der Waals surface area contributed by atoms with Gasteiger partial charge in [0.2, 0.25) is 0 Å². The molecule has 5 rings (SSSR count). The number of thiazole rings is 1. The monoisotopic (exact) mass is 402 g/mol. The van der Waals surface area contributed by atoms with E-state index in [1.54, 1.807) is 29.9 Å². The van der Waals surface area contributed by atoms with Crippen molar-refractivity contribution in [1.82, 2.24) is 24.8 Å². The third-order valence-electron chi connectivity index (χ3n) is 4.92. The normalized spacial score (nSPS) is 14.3. The Balaban J connectivity index is 1.25. The predicted molar refractivity (Wildman–Crippen MR) is 113 cm³/mol. The molecule has 4 aromatic rings. The molecule has 1 aliphatic heterocycles. The van der Waals surface area contributed by atoms with E-state index in [0.717, 1.165) is 34.1 Å². The second-order valence-corrected chi connectivity index (χ2v) is 7.72. The molecule has 144 valence electrons. The zero-order valence-electron chi connectivity index (χ0n) is 15.6. The van der Waals surface area contributed by atoms with E-state index in [1.807, 2.05) is 47.4 Å². The number of rotatable bonds is 3. The Morgan fingerprint density at radius 3 is 2.38 bits per heavy atom. The lowest BCUT2D eigenvalue weighted by Crippen LogP contribution is -2.48. The zero-order valence-corrected chi connectivity index (χ0v) is 16.4. The SMILES string of the molecule is O=C(c1cnc(-c2ccccc2)nc1)N1CCN(c2nc3cccnc3s2)CC1. The van der Waals surface area contributed by atoms with E-state index in [9.17, 15) is 4.79 Å². The number of carbonyl (C=O) groups excluding carboxylic acids is 1. The Hall–Kier alpha value is -3.39. The van der Waals surface area contributed by atoms with Gasteiger partial charge in [0, 0.05) is 50.3 Å². The Morgan fingerprint density at radius 2 is 1.66 bits per heavy atom. The molecule has 3 aromatic heterocycles. The van der Waals surface area contributed by atoms with E-state index in [0.29, 0.717) is 24.5 Å². The summed E-state index contributed by atoms with van der Waals surface area (Å²) in [5.74, 6) is 0.589. The summed E-state index contributed by atoms with van der Waals surface area (Å²) in [6, 6.07) is 13.6. The first-order valence-corrected chi connectivity index (χ1v) is 10.2. The number of fused-ring (bicyclic) bond motifs is 1. The van der Waals surface area contributed by atoms with E-state index < -0.39 is 0 Å². The fourth-order valence-electron chi connectivity index (χ4n) is 3.35. The topological polar surface area (TPSA) is 75.1 Å². The molecule has 1 aromatic carbocycles. The summed E-state index contributed by atoms with van der Waals surface area (Å²) in [5.41, 5.74) is 2.37. The molecule has 0 unspecified atom stereocenters. The van der Waals surface area contributed by atoms with E-state index >= 15 is 0 Å². The molecule has 0 atom stereocenters. The number of hydrogen-bond donors (Lipinski definition) is 0. The van der Waals surface area contributed by atoms with Crippen molar-refractivity contribution in [3.05, 3.63) is 66.6 Å². The minimum atomic E-state index is -0.0322. The Labute approximate surface area is 171 Å². The third kappa shape index (κ3) is 3.54. The van der Waals surface area contributed by atoms with Gasteiger partial charge in [-0.15, -0.1) is 0 Å². The largest absolute Gasteiger partial charge is 0.344 e. The van der Waals surface area contributed by atoms with Gasteiger partial charge in [-0.2, -0.15) is 0 Å². The first kappa shape index (κ1) is 17.7. The maximum absolute atomic E-state index is 12.8. The molecule has 29 heavy (non-hydrogen) atoms. The fourth-order valence-corrected chi connectivity index (χ4v) is 4.31. The molecule has 0 aliphatic carbocycles. The van der Waals surface area contributed by atoms with Crippen molar-refractivity contribution in [3.8, 4) is 11.4 Å². The highest BCUT2D eigenvalue weighted by atomic mass is 32.1. The quantitative estimate of drug-likeness (QED) is 0.524. The van der Waals surface area contributed by atoms with Crippen molar-refractivity contribution < 1.29 is 4.79 Å². The number of hydrogen-bond acceptors (Lipinski definition) is 7. The number of benzene rings is 1. The molecule has 1 amide bonds. The van der Waals surface area contributed by atoms with Gasteiger partial charge in [0.1, 0.15) is 10.3 Å². The van der Waals surface area contributed by atoms with Crippen LogP contribution in [-0.2, 0) is 0 Å². The number of pyridine rings is 1. The fraction of sp³-hybridized carbons (Fsp3) is 0.190. The van der Waals surface area contributed by atoms with Gasteiger partial charge < -0.3 is 9.80 Å². The predicted octanol–water partition coefficient (Wildman–Crippen LogP) is 3.11. The lowest BCUT2D eigenvalue weighted by Gasteiger charge is -2.34. The summed E-state index contributed by atoms with van der Waals surface area (Å²) in [5, 5.41) is 0.960. The van der Waals surface area contributed by atoms with Crippen LogP contribution in [0.2, 0.25) is 0 Å². The number of aromatic nitrogens is 4. The summed E-state index contributed by atoms with van der Waals surface area (Å²) in [7, 11) is 0. The number of anilines is 1. The summed E-state index contributed by atoms with van der Waals surface area (Å²) < 4.78 is 0. The van der Waals surface area contributed by atoms with E-state index in [-0.39, 0.29) is 5.91 Å². The lowest BCUT2D eigenvalue weighted by molar-refractivity contribution is 0.0746. The van der Waals surface area contributed by atoms with E-state index in [1.165, 1.54) is 0 Å². The molecule has 7 nitrogen and oxygen atoms in total. The molecule has 0 spiro atoms. The number of carbonyl (C=O) groups is 1. The van der Waals surface area contributed by atoms with Crippen LogP contribution in [0.5, 0.6) is 0 Å². The maximum Gasteiger partial charge on any atom is 0.257 e. The molecule has 1 aliphatic rings. The summed E-state index contributed by atoms with van der Waals surface area (Å²) >= 11 is 1.59. The molecule has 0 N–H and O–H groups in total. The average Bonchev–Trinajstić information content (AvgIpc) is 3.24. The van der Waals surface area contributed by atoms with Gasteiger partial charge in [0.05, 0.1) is 5.56 Å². The first-order chi connectivity index (χ1) is 14.3.